The standard InChI is InChI=1S/C18H24N2O2S/c1-2-23-15-5-3-4-14(11-15)19-18(22)13-6-8-16-12(10-13)7-9-17(21)20-16/h6,8,10,14-15H,2-5,7,9,11H2,1H3,(H,19,22)(H,20,21). The lowest BCUT2D eigenvalue weighted by molar-refractivity contribution is -0.116. The molecule has 124 valence electrons. The molecule has 0 spiro atoms. The van der Waals surface area contributed by atoms with Crippen LogP contribution in [0.15, 0.2) is 18.2 Å². The molecule has 0 bridgehead atoms. The Kier molecular flexibility index (Phi) is 5.26. The average Bonchev–Trinajstić information content (AvgIpc) is 2.55. The summed E-state index contributed by atoms with van der Waals surface area (Å²) in [7, 11) is 0. The second kappa shape index (κ2) is 7.39. The molecule has 1 aliphatic heterocycles. The van der Waals surface area contributed by atoms with Crippen molar-refractivity contribution in [1.82, 2.24) is 5.32 Å². The Labute approximate surface area is 141 Å². The van der Waals surface area contributed by atoms with Gasteiger partial charge in [-0.3, -0.25) is 9.59 Å². The maximum atomic E-state index is 12.5. The number of carbonyl (C=O) groups excluding carboxylic acids is 2. The van der Waals surface area contributed by atoms with Crippen molar-refractivity contribution >= 4 is 29.3 Å². The molecule has 1 saturated carbocycles. The van der Waals surface area contributed by atoms with Crippen molar-refractivity contribution < 1.29 is 9.59 Å². The Morgan fingerprint density at radius 2 is 2.22 bits per heavy atom. The van der Waals surface area contributed by atoms with Gasteiger partial charge in [0.1, 0.15) is 0 Å². The fraction of sp³-hybridized carbons (Fsp3) is 0.556. The Bertz CT molecular complexity index is 601. The van der Waals surface area contributed by atoms with Crippen LogP contribution in [0, 0.1) is 0 Å². The molecule has 1 heterocycles. The highest BCUT2D eigenvalue weighted by Gasteiger charge is 2.24. The topological polar surface area (TPSA) is 58.2 Å². The van der Waals surface area contributed by atoms with Crippen LogP contribution in [-0.4, -0.2) is 28.9 Å². The molecular weight excluding hydrogens is 308 g/mol. The molecule has 4 nitrogen and oxygen atoms in total. The van der Waals surface area contributed by atoms with E-state index in [4.69, 9.17) is 0 Å². The van der Waals surface area contributed by atoms with E-state index in [1.807, 2.05) is 23.9 Å². The third-order valence-corrected chi connectivity index (χ3v) is 5.86. The average molecular weight is 332 g/mol. The quantitative estimate of drug-likeness (QED) is 0.889. The lowest BCUT2D eigenvalue weighted by Crippen LogP contribution is -2.39. The van der Waals surface area contributed by atoms with Gasteiger partial charge in [0.2, 0.25) is 5.91 Å². The molecule has 1 aromatic carbocycles. The largest absolute Gasteiger partial charge is 0.349 e. The van der Waals surface area contributed by atoms with Gasteiger partial charge in [0.15, 0.2) is 0 Å². The Morgan fingerprint density at radius 3 is 3.04 bits per heavy atom. The van der Waals surface area contributed by atoms with Gasteiger partial charge in [-0.25, -0.2) is 0 Å². The van der Waals surface area contributed by atoms with Crippen LogP contribution in [-0.2, 0) is 11.2 Å². The molecule has 0 radical (unpaired) electrons. The molecule has 2 aliphatic rings. The predicted octanol–water partition coefficient (Wildman–Crippen LogP) is 3.37. The number of aryl methyl sites for hydroxylation is 1. The first-order valence-electron chi connectivity index (χ1n) is 8.51. The van der Waals surface area contributed by atoms with E-state index >= 15 is 0 Å². The minimum absolute atomic E-state index is 0.0110. The van der Waals surface area contributed by atoms with Crippen LogP contribution in [0.3, 0.4) is 0 Å². The van der Waals surface area contributed by atoms with E-state index in [0.29, 0.717) is 23.7 Å². The zero-order valence-corrected chi connectivity index (χ0v) is 14.4. The molecule has 1 fully saturated rings. The van der Waals surface area contributed by atoms with Crippen LogP contribution in [0.2, 0.25) is 0 Å². The summed E-state index contributed by atoms with van der Waals surface area (Å²) in [5, 5.41) is 6.73. The first-order valence-corrected chi connectivity index (χ1v) is 9.56. The van der Waals surface area contributed by atoms with Crippen LogP contribution in [0.5, 0.6) is 0 Å². The van der Waals surface area contributed by atoms with Crippen molar-refractivity contribution in [2.45, 2.75) is 56.7 Å². The smallest absolute Gasteiger partial charge is 0.251 e. The first kappa shape index (κ1) is 16.4. The van der Waals surface area contributed by atoms with Gasteiger partial charge in [-0.2, -0.15) is 11.8 Å². The number of rotatable bonds is 4. The summed E-state index contributed by atoms with van der Waals surface area (Å²) in [6, 6.07) is 5.86. The molecule has 2 unspecified atom stereocenters. The predicted molar refractivity (Wildman–Crippen MR) is 95.0 cm³/mol. The Hall–Kier alpha value is -1.49. The van der Waals surface area contributed by atoms with E-state index in [0.717, 1.165) is 29.8 Å². The Morgan fingerprint density at radius 1 is 1.35 bits per heavy atom. The van der Waals surface area contributed by atoms with Crippen molar-refractivity contribution in [3.8, 4) is 0 Å². The second-order valence-electron chi connectivity index (χ2n) is 6.33. The highest BCUT2D eigenvalue weighted by atomic mass is 32.2. The van der Waals surface area contributed by atoms with Gasteiger partial charge in [-0.1, -0.05) is 13.3 Å². The van der Waals surface area contributed by atoms with Crippen molar-refractivity contribution in [3.05, 3.63) is 29.3 Å². The lowest BCUT2D eigenvalue weighted by Gasteiger charge is -2.29. The SMILES string of the molecule is CCSC1CCCC(NC(=O)c2ccc3c(c2)CCC(=O)N3)C1. The summed E-state index contributed by atoms with van der Waals surface area (Å²) in [6.45, 7) is 2.19. The van der Waals surface area contributed by atoms with Gasteiger partial charge >= 0.3 is 0 Å². The summed E-state index contributed by atoms with van der Waals surface area (Å²) in [6.07, 6.45) is 5.82. The summed E-state index contributed by atoms with van der Waals surface area (Å²) in [4.78, 5) is 23.9. The number of fused-ring (bicyclic) bond motifs is 1. The van der Waals surface area contributed by atoms with Crippen LogP contribution in [0.25, 0.3) is 0 Å². The van der Waals surface area contributed by atoms with E-state index in [1.165, 1.54) is 12.8 Å². The number of thioether (sulfide) groups is 1. The van der Waals surface area contributed by atoms with E-state index in [1.54, 1.807) is 6.07 Å². The van der Waals surface area contributed by atoms with E-state index < -0.39 is 0 Å². The lowest BCUT2D eigenvalue weighted by atomic mass is 9.94. The van der Waals surface area contributed by atoms with E-state index in [-0.39, 0.29) is 17.9 Å². The molecule has 2 N–H and O–H groups in total. The zero-order valence-electron chi connectivity index (χ0n) is 13.6. The van der Waals surface area contributed by atoms with Gasteiger partial charge in [0.25, 0.3) is 5.91 Å². The molecule has 5 heteroatoms. The normalized spacial score (nSPS) is 23.8. The van der Waals surface area contributed by atoms with Crippen molar-refractivity contribution in [2.75, 3.05) is 11.1 Å². The Balaban J connectivity index is 1.63. The molecule has 1 aromatic rings. The maximum absolute atomic E-state index is 12.5. The number of amides is 2. The summed E-state index contributed by atoms with van der Waals surface area (Å²) >= 11 is 2.01. The third kappa shape index (κ3) is 4.08. The summed E-state index contributed by atoms with van der Waals surface area (Å²) in [5.41, 5.74) is 2.60. The first-order chi connectivity index (χ1) is 11.2. The number of anilines is 1. The molecule has 2 atom stereocenters. The number of nitrogens with one attached hydrogen (secondary N) is 2. The minimum Gasteiger partial charge on any atom is -0.349 e. The molecule has 2 amide bonds. The zero-order chi connectivity index (χ0) is 16.2. The van der Waals surface area contributed by atoms with Crippen molar-refractivity contribution in [2.24, 2.45) is 0 Å². The third-order valence-electron chi connectivity index (χ3n) is 4.63. The number of hydrogen-bond acceptors (Lipinski definition) is 3. The van der Waals surface area contributed by atoms with Crippen LogP contribution in [0.4, 0.5) is 5.69 Å². The molecule has 0 saturated heterocycles. The van der Waals surface area contributed by atoms with Gasteiger partial charge in [0.05, 0.1) is 0 Å². The van der Waals surface area contributed by atoms with Gasteiger partial charge in [-0.15, -0.1) is 0 Å². The molecular formula is C18H24N2O2S. The minimum atomic E-state index is 0.0110. The summed E-state index contributed by atoms with van der Waals surface area (Å²) < 4.78 is 0. The van der Waals surface area contributed by atoms with Crippen LogP contribution < -0.4 is 10.6 Å². The molecule has 3 rings (SSSR count). The van der Waals surface area contributed by atoms with Crippen molar-refractivity contribution in [3.63, 3.8) is 0 Å². The monoisotopic (exact) mass is 332 g/mol. The molecule has 23 heavy (non-hydrogen) atoms. The number of hydrogen-bond donors (Lipinski definition) is 2. The van der Waals surface area contributed by atoms with E-state index in [9.17, 15) is 9.59 Å². The van der Waals surface area contributed by atoms with Gasteiger partial charge in [0, 0.05) is 29.0 Å². The highest BCUT2D eigenvalue weighted by molar-refractivity contribution is 7.99. The molecule has 1 aliphatic carbocycles. The highest BCUT2D eigenvalue weighted by Crippen LogP contribution is 2.29. The van der Waals surface area contributed by atoms with Gasteiger partial charge < -0.3 is 10.6 Å². The van der Waals surface area contributed by atoms with Crippen molar-refractivity contribution in [1.29, 1.82) is 0 Å². The fourth-order valence-corrected chi connectivity index (χ4v) is 4.63. The summed E-state index contributed by atoms with van der Waals surface area (Å²) in [5.74, 6) is 1.20. The van der Waals surface area contributed by atoms with E-state index in [2.05, 4.69) is 17.6 Å². The van der Waals surface area contributed by atoms with Gasteiger partial charge in [-0.05, 0) is 55.2 Å². The second-order valence-corrected chi connectivity index (χ2v) is 7.91. The maximum Gasteiger partial charge on any atom is 0.251 e. The fourth-order valence-electron chi connectivity index (χ4n) is 3.46. The number of benzene rings is 1. The molecule has 0 aromatic heterocycles. The van der Waals surface area contributed by atoms with Crippen LogP contribution in [0.1, 0.15) is 54.9 Å². The number of carbonyl (C=O) groups is 2. The van der Waals surface area contributed by atoms with Crippen LogP contribution >= 0.6 is 11.8 Å².